The van der Waals surface area contributed by atoms with E-state index in [0.717, 1.165) is 43.7 Å². The molecule has 3 rings (SSSR count). The number of rotatable bonds is 10. The number of nitrogens with one attached hydrogen (secondary N) is 1. The summed E-state index contributed by atoms with van der Waals surface area (Å²) in [4.78, 5) is 24.5. The van der Waals surface area contributed by atoms with E-state index in [9.17, 15) is 14.3 Å². The van der Waals surface area contributed by atoms with Gasteiger partial charge in [-0.2, -0.15) is 0 Å². The average molecular weight is 442 g/mol. The SMILES string of the molecule is COc1ncc(C(CC(=O)O)N=C(C=CN)CCCc2ccc3c(n2)NCCC3)cc1F. The number of fused-ring (bicyclic) bond motifs is 1. The van der Waals surface area contributed by atoms with Crippen molar-refractivity contribution in [1.29, 1.82) is 0 Å². The van der Waals surface area contributed by atoms with Crippen LogP contribution in [0.4, 0.5) is 10.2 Å². The second-order valence-corrected chi connectivity index (χ2v) is 7.55. The first-order valence-corrected chi connectivity index (χ1v) is 10.6. The molecule has 32 heavy (non-hydrogen) atoms. The van der Waals surface area contributed by atoms with Crippen molar-refractivity contribution in [3.8, 4) is 5.88 Å². The molecule has 0 fully saturated rings. The van der Waals surface area contributed by atoms with Gasteiger partial charge in [-0.3, -0.25) is 9.79 Å². The van der Waals surface area contributed by atoms with Crippen LogP contribution in [0.2, 0.25) is 0 Å². The Labute approximate surface area is 186 Å². The Bertz CT molecular complexity index is 1010. The van der Waals surface area contributed by atoms with Crippen LogP contribution in [-0.4, -0.2) is 40.4 Å². The third-order valence-corrected chi connectivity index (χ3v) is 5.20. The number of carboxylic acids is 1. The maximum Gasteiger partial charge on any atom is 0.305 e. The van der Waals surface area contributed by atoms with Crippen molar-refractivity contribution in [2.24, 2.45) is 10.7 Å². The number of methoxy groups -OCH3 is 1. The van der Waals surface area contributed by atoms with E-state index in [1.807, 2.05) is 6.07 Å². The summed E-state index contributed by atoms with van der Waals surface area (Å²) in [5, 5.41) is 12.6. The fourth-order valence-corrected chi connectivity index (χ4v) is 3.64. The molecular weight excluding hydrogens is 413 g/mol. The highest BCUT2D eigenvalue weighted by Crippen LogP contribution is 2.26. The number of hydrogen-bond donors (Lipinski definition) is 3. The molecule has 1 aliphatic rings. The summed E-state index contributed by atoms with van der Waals surface area (Å²) in [6.45, 7) is 0.938. The highest BCUT2D eigenvalue weighted by atomic mass is 19.1. The zero-order valence-corrected chi connectivity index (χ0v) is 18.1. The van der Waals surface area contributed by atoms with E-state index < -0.39 is 17.8 Å². The Morgan fingerprint density at radius 3 is 3.03 bits per heavy atom. The van der Waals surface area contributed by atoms with E-state index in [0.29, 0.717) is 17.7 Å². The summed E-state index contributed by atoms with van der Waals surface area (Å²) in [6.07, 6.45) is 8.32. The maximum absolute atomic E-state index is 14.1. The highest BCUT2D eigenvalue weighted by Gasteiger charge is 2.18. The minimum Gasteiger partial charge on any atom is -0.481 e. The lowest BCUT2D eigenvalue weighted by molar-refractivity contribution is -0.137. The normalized spacial score (nSPS) is 14.6. The molecule has 1 unspecified atom stereocenters. The van der Waals surface area contributed by atoms with Crippen molar-refractivity contribution < 1.29 is 19.0 Å². The van der Waals surface area contributed by atoms with Gasteiger partial charge in [-0.05, 0) is 67.6 Å². The van der Waals surface area contributed by atoms with Crippen LogP contribution in [-0.2, 0) is 17.6 Å². The molecule has 1 atom stereocenters. The molecule has 2 aromatic rings. The molecule has 8 nitrogen and oxygen atoms in total. The number of pyridine rings is 2. The van der Waals surface area contributed by atoms with Crippen LogP contribution in [0.15, 0.2) is 41.7 Å². The number of nitrogens with two attached hydrogens (primary N) is 1. The van der Waals surface area contributed by atoms with E-state index in [4.69, 9.17) is 15.5 Å². The first kappa shape index (κ1) is 23.2. The van der Waals surface area contributed by atoms with Crippen LogP contribution in [0, 0.1) is 5.82 Å². The zero-order chi connectivity index (χ0) is 22.9. The third kappa shape index (κ3) is 6.26. The van der Waals surface area contributed by atoms with Crippen molar-refractivity contribution >= 4 is 17.5 Å². The van der Waals surface area contributed by atoms with E-state index in [2.05, 4.69) is 21.4 Å². The number of anilines is 1. The summed E-state index contributed by atoms with van der Waals surface area (Å²) in [5.74, 6) is -0.906. The molecule has 0 radical (unpaired) electrons. The maximum atomic E-state index is 14.1. The molecule has 170 valence electrons. The van der Waals surface area contributed by atoms with Gasteiger partial charge in [0.1, 0.15) is 5.82 Å². The number of halogens is 1. The molecule has 2 aromatic heterocycles. The second kappa shape index (κ2) is 11.2. The Hall–Kier alpha value is -3.49. The molecule has 1 aliphatic heterocycles. The van der Waals surface area contributed by atoms with Crippen LogP contribution >= 0.6 is 0 Å². The van der Waals surface area contributed by atoms with Gasteiger partial charge in [-0.25, -0.2) is 14.4 Å². The van der Waals surface area contributed by atoms with Crippen LogP contribution in [0.5, 0.6) is 5.88 Å². The topological polar surface area (TPSA) is 123 Å². The van der Waals surface area contributed by atoms with Gasteiger partial charge >= 0.3 is 5.97 Å². The monoisotopic (exact) mass is 441 g/mol. The molecule has 0 spiro atoms. The molecule has 4 N–H and O–H groups in total. The molecular formula is C23H28FN5O3. The predicted molar refractivity (Wildman–Crippen MR) is 120 cm³/mol. The quantitative estimate of drug-likeness (QED) is 0.483. The van der Waals surface area contributed by atoms with Crippen molar-refractivity contribution in [3.05, 3.63) is 59.3 Å². The Kier molecular flexibility index (Phi) is 8.13. The van der Waals surface area contributed by atoms with Crippen LogP contribution in [0.3, 0.4) is 0 Å². The molecule has 0 aliphatic carbocycles. The fourth-order valence-electron chi connectivity index (χ4n) is 3.64. The fraction of sp³-hybridized carbons (Fsp3) is 0.391. The molecule has 0 saturated carbocycles. The minimum absolute atomic E-state index is 0.152. The number of aliphatic carboxylic acids is 1. The first-order valence-electron chi connectivity index (χ1n) is 10.6. The van der Waals surface area contributed by atoms with Gasteiger partial charge in [0.25, 0.3) is 0 Å². The number of ether oxygens (including phenoxy) is 1. The predicted octanol–water partition coefficient (Wildman–Crippen LogP) is 3.43. The zero-order valence-electron chi connectivity index (χ0n) is 18.1. The van der Waals surface area contributed by atoms with Gasteiger partial charge in [-0.1, -0.05) is 6.07 Å². The molecule has 0 bridgehead atoms. The van der Waals surface area contributed by atoms with Crippen LogP contribution in [0.1, 0.15) is 48.5 Å². The van der Waals surface area contributed by atoms with Crippen LogP contribution in [0.25, 0.3) is 0 Å². The lowest BCUT2D eigenvalue weighted by Gasteiger charge is -2.17. The standard InChI is InChI=1S/C23H28FN5O3/c1-32-23-19(24)12-16(14-27-23)20(13-21(30)31)28-18(9-10-25)6-2-5-17-8-7-15-4-3-11-26-22(15)29-17/h7-10,12,14,20H,2-6,11,13,25H2,1H3,(H,26,29)(H,30,31). The van der Waals surface area contributed by atoms with Gasteiger partial charge in [0.05, 0.1) is 19.6 Å². The van der Waals surface area contributed by atoms with Crippen molar-refractivity contribution in [2.45, 2.75) is 44.6 Å². The molecule has 0 aromatic carbocycles. The van der Waals surface area contributed by atoms with Crippen LogP contribution < -0.4 is 15.8 Å². The molecule has 0 saturated heterocycles. The van der Waals surface area contributed by atoms with Crippen molar-refractivity contribution in [2.75, 3.05) is 19.0 Å². The number of carboxylic acid groups (broad SMARTS) is 1. The van der Waals surface area contributed by atoms with Gasteiger partial charge in [-0.15, -0.1) is 0 Å². The summed E-state index contributed by atoms with van der Waals surface area (Å²) < 4.78 is 18.9. The Morgan fingerprint density at radius 1 is 1.47 bits per heavy atom. The van der Waals surface area contributed by atoms with E-state index in [1.54, 1.807) is 6.08 Å². The number of hydrogen-bond acceptors (Lipinski definition) is 7. The molecule has 3 heterocycles. The van der Waals surface area contributed by atoms with Gasteiger partial charge in [0.2, 0.25) is 5.88 Å². The largest absolute Gasteiger partial charge is 0.481 e. The average Bonchev–Trinajstić information content (AvgIpc) is 2.78. The lowest BCUT2D eigenvalue weighted by Crippen LogP contribution is -2.14. The van der Waals surface area contributed by atoms with Gasteiger partial charge in [0.15, 0.2) is 5.82 Å². The number of aliphatic imine (C=N–C) groups is 1. The van der Waals surface area contributed by atoms with Gasteiger partial charge in [0, 0.05) is 24.1 Å². The first-order chi connectivity index (χ1) is 15.5. The van der Waals surface area contributed by atoms with Gasteiger partial charge < -0.3 is 20.9 Å². The summed E-state index contributed by atoms with van der Waals surface area (Å²) in [5.41, 5.74) is 8.79. The lowest BCUT2D eigenvalue weighted by atomic mass is 10.0. The third-order valence-electron chi connectivity index (χ3n) is 5.20. The highest BCUT2D eigenvalue weighted by molar-refractivity contribution is 5.95. The van der Waals surface area contributed by atoms with E-state index >= 15 is 0 Å². The summed E-state index contributed by atoms with van der Waals surface area (Å²) in [6, 6.07) is 4.57. The summed E-state index contributed by atoms with van der Waals surface area (Å²) in [7, 11) is 1.32. The number of aromatic nitrogens is 2. The number of carbonyl (C=O) groups is 1. The minimum atomic E-state index is -1.04. The Balaban J connectivity index is 1.73. The molecule has 9 heteroatoms. The van der Waals surface area contributed by atoms with Crippen molar-refractivity contribution in [3.63, 3.8) is 0 Å². The van der Waals surface area contributed by atoms with E-state index in [-0.39, 0.29) is 12.3 Å². The second-order valence-electron chi connectivity index (χ2n) is 7.55. The number of nitrogens with zero attached hydrogens (tertiary/aromatic N) is 3. The number of aryl methyl sites for hydroxylation is 2. The van der Waals surface area contributed by atoms with Crippen molar-refractivity contribution in [1.82, 2.24) is 9.97 Å². The number of allylic oxidation sites excluding steroid dienone is 1. The Morgan fingerprint density at radius 2 is 2.31 bits per heavy atom. The van der Waals surface area contributed by atoms with E-state index in [1.165, 1.54) is 31.1 Å². The smallest absolute Gasteiger partial charge is 0.305 e. The molecule has 0 amide bonds. The summed E-state index contributed by atoms with van der Waals surface area (Å²) >= 11 is 0.